The van der Waals surface area contributed by atoms with E-state index in [4.69, 9.17) is 4.74 Å². The van der Waals surface area contributed by atoms with Gasteiger partial charge in [-0.15, -0.1) is 6.58 Å². The summed E-state index contributed by atoms with van der Waals surface area (Å²) >= 11 is 0. The molecule has 0 aliphatic carbocycles. The fourth-order valence-corrected chi connectivity index (χ4v) is 1.63. The Morgan fingerprint density at radius 1 is 1.33 bits per heavy atom. The Balaban J connectivity index is 2.39. The molecule has 0 unspecified atom stereocenters. The predicted octanol–water partition coefficient (Wildman–Crippen LogP) is 3.98. The zero-order valence-electron chi connectivity index (χ0n) is 11.3. The van der Waals surface area contributed by atoms with E-state index in [0.717, 1.165) is 18.4 Å². The number of ketones is 1. The van der Waals surface area contributed by atoms with Crippen LogP contribution >= 0.6 is 0 Å². The van der Waals surface area contributed by atoms with Gasteiger partial charge in [-0.05, 0) is 24.3 Å². The monoisotopic (exact) mass is 246 g/mol. The summed E-state index contributed by atoms with van der Waals surface area (Å²) in [7, 11) is 0. The molecule has 18 heavy (non-hydrogen) atoms. The lowest BCUT2D eigenvalue weighted by molar-refractivity contribution is 0.0757. The number of benzene rings is 1. The number of allylic oxidation sites excluding steroid dienone is 1. The number of hydrogen-bond acceptors (Lipinski definition) is 2. The van der Waals surface area contributed by atoms with Crippen molar-refractivity contribution >= 4 is 5.78 Å². The molecule has 0 N–H and O–H groups in total. The smallest absolute Gasteiger partial charge is 0.188 e. The molecule has 0 aromatic heterocycles. The molecule has 0 radical (unpaired) electrons. The summed E-state index contributed by atoms with van der Waals surface area (Å²) in [4.78, 5) is 11.8. The minimum Gasteiger partial charge on any atom is -0.373 e. The molecule has 0 aliphatic heterocycles. The molecule has 1 aromatic rings. The summed E-state index contributed by atoms with van der Waals surface area (Å²) in [5.74, 6) is 0.535. The molecule has 0 atom stereocenters. The van der Waals surface area contributed by atoms with Gasteiger partial charge in [0.15, 0.2) is 5.78 Å². The van der Waals surface area contributed by atoms with Crippen molar-refractivity contribution in [1.29, 1.82) is 0 Å². The SMILES string of the molecule is C=CCCCOCC(=O)c1ccc(C(C)C)cc1. The number of rotatable bonds is 8. The normalized spacial score (nSPS) is 10.6. The maximum atomic E-state index is 11.8. The zero-order valence-corrected chi connectivity index (χ0v) is 11.3. The van der Waals surface area contributed by atoms with Crippen LogP contribution in [0, 0.1) is 0 Å². The van der Waals surface area contributed by atoms with E-state index in [1.807, 2.05) is 30.3 Å². The Labute approximate surface area is 110 Å². The van der Waals surface area contributed by atoms with E-state index in [9.17, 15) is 4.79 Å². The summed E-state index contributed by atoms with van der Waals surface area (Å²) < 4.78 is 5.33. The lowest BCUT2D eigenvalue weighted by atomic mass is 10.0. The van der Waals surface area contributed by atoms with Gasteiger partial charge >= 0.3 is 0 Å². The van der Waals surface area contributed by atoms with E-state index in [1.165, 1.54) is 5.56 Å². The highest BCUT2D eigenvalue weighted by Crippen LogP contribution is 2.14. The maximum absolute atomic E-state index is 11.8. The Hall–Kier alpha value is -1.41. The van der Waals surface area contributed by atoms with Crippen molar-refractivity contribution in [2.45, 2.75) is 32.6 Å². The van der Waals surface area contributed by atoms with Crippen molar-refractivity contribution in [3.05, 3.63) is 48.0 Å². The van der Waals surface area contributed by atoms with Gasteiger partial charge in [0.2, 0.25) is 0 Å². The molecule has 0 aliphatic rings. The first-order chi connectivity index (χ1) is 8.65. The van der Waals surface area contributed by atoms with Gasteiger partial charge in [0.05, 0.1) is 0 Å². The van der Waals surface area contributed by atoms with Crippen LogP contribution in [-0.4, -0.2) is 19.0 Å². The number of hydrogen-bond donors (Lipinski definition) is 0. The summed E-state index contributed by atoms with van der Waals surface area (Å²) in [6.45, 7) is 8.70. The second-order valence-electron chi connectivity index (χ2n) is 4.68. The first-order valence-corrected chi connectivity index (χ1v) is 6.47. The zero-order chi connectivity index (χ0) is 13.4. The first-order valence-electron chi connectivity index (χ1n) is 6.47. The highest BCUT2D eigenvalue weighted by Gasteiger charge is 2.06. The Kier molecular flexibility index (Phi) is 6.37. The van der Waals surface area contributed by atoms with Crippen LogP contribution in [-0.2, 0) is 4.74 Å². The average molecular weight is 246 g/mol. The summed E-state index contributed by atoms with van der Waals surface area (Å²) in [5.41, 5.74) is 1.97. The van der Waals surface area contributed by atoms with E-state index in [0.29, 0.717) is 12.5 Å². The molecule has 0 amide bonds. The number of carbonyl (C=O) groups is 1. The Morgan fingerprint density at radius 3 is 2.56 bits per heavy atom. The third kappa shape index (κ3) is 4.84. The minimum absolute atomic E-state index is 0.0453. The van der Waals surface area contributed by atoms with Crippen LogP contribution in [0.15, 0.2) is 36.9 Å². The van der Waals surface area contributed by atoms with Gasteiger partial charge in [0.25, 0.3) is 0 Å². The molecule has 0 heterocycles. The third-order valence-corrected chi connectivity index (χ3v) is 2.83. The Bertz CT molecular complexity index is 377. The molecular formula is C16H22O2. The average Bonchev–Trinajstić information content (AvgIpc) is 2.38. The highest BCUT2D eigenvalue weighted by atomic mass is 16.5. The fraction of sp³-hybridized carbons (Fsp3) is 0.438. The van der Waals surface area contributed by atoms with E-state index in [2.05, 4.69) is 20.4 Å². The second kappa shape index (κ2) is 7.83. The summed E-state index contributed by atoms with van der Waals surface area (Å²) in [5, 5.41) is 0. The standard InChI is InChI=1S/C16H22O2/c1-4-5-6-11-18-12-16(17)15-9-7-14(8-10-15)13(2)3/h4,7-10,13H,1,5-6,11-12H2,2-3H3. The molecule has 2 nitrogen and oxygen atoms in total. The quantitative estimate of drug-likeness (QED) is 0.394. The van der Waals surface area contributed by atoms with Crippen molar-refractivity contribution in [2.75, 3.05) is 13.2 Å². The van der Waals surface area contributed by atoms with Crippen molar-refractivity contribution in [2.24, 2.45) is 0 Å². The molecular weight excluding hydrogens is 224 g/mol. The molecule has 0 spiro atoms. The van der Waals surface area contributed by atoms with Crippen LogP contribution < -0.4 is 0 Å². The van der Waals surface area contributed by atoms with Crippen LogP contribution in [0.4, 0.5) is 0 Å². The van der Waals surface area contributed by atoms with Gasteiger partial charge in [-0.2, -0.15) is 0 Å². The van der Waals surface area contributed by atoms with Gasteiger partial charge in [-0.1, -0.05) is 44.2 Å². The fourth-order valence-electron chi connectivity index (χ4n) is 1.63. The molecule has 0 saturated carbocycles. The molecule has 1 rings (SSSR count). The van der Waals surface area contributed by atoms with Crippen molar-refractivity contribution in [3.8, 4) is 0 Å². The lowest BCUT2D eigenvalue weighted by Crippen LogP contribution is -2.09. The van der Waals surface area contributed by atoms with Gasteiger partial charge < -0.3 is 4.74 Å². The van der Waals surface area contributed by atoms with E-state index in [-0.39, 0.29) is 12.4 Å². The maximum Gasteiger partial charge on any atom is 0.188 e. The van der Waals surface area contributed by atoms with Crippen LogP contribution in [0.5, 0.6) is 0 Å². The van der Waals surface area contributed by atoms with Gasteiger partial charge in [0.1, 0.15) is 6.61 Å². The van der Waals surface area contributed by atoms with Gasteiger partial charge in [0, 0.05) is 12.2 Å². The van der Waals surface area contributed by atoms with E-state index < -0.39 is 0 Å². The molecule has 2 heteroatoms. The van der Waals surface area contributed by atoms with E-state index >= 15 is 0 Å². The second-order valence-corrected chi connectivity index (χ2v) is 4.68. The molecule has 98 valence electrons. The Morgan fingerprint density at radius 2 is 2.00 bits per heavy atom. The van der Waals surface area contributed by atoms with Gasteiger partial charge in [-0.25, -0.2) is 0 Å². The predicted molar refractivity (Wildman–Crippen MR) is 75.1 cm³/mol. The van der Waals surface area contributed by atoms with Gasteiger partial charge in [-0.3, -0.25) is 4.79 Å². The lowest BCUT2D eigenvalue weighted by Gasteiger charge is -2.07. The largest absolute Gasteiger partial charge is 0.373 e. The summed E-state index contributed by atoms with van der Waals surface area (Å²) in [6, 6.07) is 7.78. The number of Topliss-reactive ketones (excluding diaryl/α,β-unsaturated/α-hetero) is 1. The van der Waals surface area contributed by atoms with Crippen LogP contribution in [0.2, 0.25) is 0 Å². The van der Waals surface area contributed by atoms with E-state index in [1.54, 1.807) is 0 Å². The number of ether oxygens (including phenoxy) is 1. The molecule has 0 saturated heterocycles. The molecule has 1 aromatic carbocycles. The molecule has 0 bridgehead atoms. The van der Waals surface area contributed by atoms with Crippen molar-refractivity contribution in [1.82, 2.24) is 0 Å². The van der Waals surface area contributed by atoms with Crippen LogP contribution in [0.25, 0.3) is 0 Å². The number of unbranched alkanes of at least 4 members (excludes halogenated alkanes) is 1. The first kappa shape index (κ1) is 14.7. The summed E-state index contributed by atoms with van der Waals surface area (Å²) in [6.07, 6.45) is 3.70. The van der Waals surface area contributed by atoms with Crippen LogP contribution in [0.1, 0.15) is 48.5 Å². The van der Waals surface area contributed by atoms with Crippen molar-refractivity contribution < 1.29 is 9.53 Å². The highest BCUT2D eigenvalue weighted by molar-refractivity contribution is 5.97. The third-order valence-electron chi connectivity index (χ3n) is 2.83. The molecule has 0 fully saturated rings. The van der Waals surface area contributed by atoms with Crippen LogP contribution in [0.3, 0.4) is 0 Å². The topological polar surface area (TPSA) is 26.3 Å². The van der Waals surface area contributed by atoms with Crippen molar-refractivity contribution in [3.63, 3.8) is 0 Å². The minimum atomic E-state index is 0.0453. The number of carbonyl (C=O) groups excluding carboxylic acids is 1.